The molecule has 3 nitrogen and oxygen atoms in total. The van der Waals surface area contributed by atoms with Gasteiger partial charge in [0.05, 0.1) is 12.2 Å². The maximum atomic E-state index is 5.27. The molecule has 0 aromatic heterocycles. The molecular formula is C10H23NO2. The first-order valence-electron chi connectivity index (χ1n) is 4.88. The first-order chi connectivity index (χ1) is 5.98. The van der Waals surface area contributed by atoms with E-state index >= 15 is 0 Å². The number of hydrogen-bond donors (Lipinski definition) is 1. The molecule has 0 aliphatic rings. The predicted octanol–water partition coefficient (Wildman–Crippen LogP) is 1.98. The average molecular weight is 189 g/mol. The molecule has 0 saturated heterocycles. The quantitative estimate of drug-likeness (QED) is 0.490. The van der Waals surface area contributed by atoms with Gasteiger partial charge in [-0.15, -0.1) is 0 Å². The van der Waals surface area contributed by atoms with E-state index in [0.717, 1.165) is 19.6 Å². The standard InChI is InChI=1S/C10H23NO2/c1-9(2)8-13-11-7-6-10(3,4)12-5/h9,11H,6-8H2,1-5H3. The molecule has 0 spiro atoms. The minimum absolute atomic E-state index is 0.0613. The van der Waals surface area contributed by atoms with Crippen molar-refractivity contribution < 1.29 is 9.57 Å². The molecule has 0 aliphatic carbocycles. The Hall–Kier alpha value is -0.120. The van der Waals surface area contributed by atoms with E-state index < -0.39 is 0 Å². The molecule has 0 aromatic carbocycles. The van der Waals surface area contributed by atoms with Crippen LogP contribution in [-0.2, 0) is 9.57 Å². The summed E-state index contributed by atoms with van der Waals surface area (Å²) in [5.41, 5.74) is 2.87. The fourth-order valence-electron chi connectivity index (χ4n) is 0.752. The molecule has 3 heteroatoms. The Balaban J connectivity index is 3.26. The molecule has 0 rings (SSSR count). The van der Waals surface area contributed by atoms with Gasteiger partial charge in [0.2, 0.25) is 0 Å². The summed E-state index contributed by atoms with van der Waals surface area (Å²) >= 11 is 0. The average Bonchev–Trinajstić information content (AvgIpc) is 2.03. The van der Waals surface area contributed by atoms with E-state index in [1.807, 2.05) is 0 Å². The third kappa shape index (κ3) is 8.22. The van der Waals surface area contributed by atoms with E-state index in [4.69, 9.17) is 9.57 Å². The first-order valence-corrected chi connectivity index (χ1v) is 4.88. The summed E-state index contributed by atoms with van der Waals surface area (Å²) in [6.07, 6.45) is 0.946. The second-order valence-corrected chi connectivity index (χ2v) is 4.31. The maximum absolute atomic E-state index is 5.27. The Morgan fingerprint density at radius 1 is 1.31 bits per heavy atom. The van der Waals surface area contributed by atoms with Gasteiger partial charge in [-0.25, -0.2) is 5.48 Å². The Kier molecular flexibility index (Phi) is 6.29. The number of nitrogens with one attached hydrogen (secondary N) is 1. The molecule has 0 aromatic rings. The molecular weight excluding hydrogens is 166 g/mol. The van der Waals surface area contributed by atoms with E-state index in [9.17, 15) is 0 Å². The highest BCUT2D eigenvalue weighted by molar-refractivity contribution is 4.67. The molecule has 0 heterocycles. The highest BCUT2D eigenvalue weighted by atomic mass is 16.6. The molecule has 0 atom stereocenters. The summed E-state index contributed by atoms with van der Waals surface area (Å²) in [5, 5.41) is 0. The zero-order valence-corrected chi connectivity index (χ0v) is 9.52. The van der Waals surface area contributed by atoms with Gasteiger partial charge in [-0.1, -0.05) is 13.8 Å². The van der Waals surface area contributed by atoms with Gasteiger partial charge in [-0.3, -0.25) is 0 Å². The maximum Gasteiger partial charge on any atom is 0.0705 e. The van der Waals surface area contributed by atoms with Crippen molar-refractivity contribution in [2.45, 2.75) is 39.7 Å². The molecule has 1 N–H and O–H groups in total. The van der Waals surface area contributed by atoms with Crippen LogP contribution < -0.4 is 5.48 Å². The van der Waals surface area contributed by atoms with Crippen molar-refractivity contribution in [2.24, 2.45) is 5.92 Å². The van der Waals surface area contributed by atoms with Crippen LogP contribution in [0.4, 0.5) is 0 Å². The molecule has 0 fully saturated rings. The van der Waals surface area contributed by atoms with Crippen LogP contribution in [0, 0.1) is 5.92 Å². The summed E-state index contributed by atoms with van der Waals surface area (Å²) < 4.78 is 5.27. The van der Waals surface area contributed by atoms with Gasteiger partial charge in [0.1, 0.15) is 0 Å². The largest absolute Gasteiger partial charge is 0.379 e. The van der Waals surface area contributed by atoms with Gasteiger partial charge in [0, 0.05) is 13.7 Å². The lowest BCUT2D eigenvalue weighted by atomic mass is 10.1. The van der Waals surface area contributed by atoms with Gasteiger partial charge >= 0.3 is 0 Å². The summed E-state index contributed by atoms with van der Waals surface area (Å²) in [6.45, 7) is 9.97. The van der Waals surface area contributed by atoms with Crippen molar-refractivity contribution in [3.63, 3.8) is 0 Å². The lowest BCUT2D eigenvalue weighted by Crippen LogP contribution is -2.29. The van der Waals surface area contributed by atoms with Gasteiger partial charge in [-0.2, -0.15) is 0 Å². The zero-order chi connectivity index (χ0) is 10.3. The van der Waals surface area contributed by atoms with Gasteiger partial charge in [0.25, 0.3) is 0 Å². The first kappa shape index (κ1) is 12.9. The van der Waals surface area contributed by atoms with Crippen LogP contribution in [0.3, 0.4) is 0 Å². The second kappa shape index (κ2) is 6.35. The lowest BCUT2D eigenvalue weighted by Gasteiger charge is -2.22. The highest BCUT2D eigenvalue weighted by Crippen LogP contribution is 2.11. The summed E-state index contributed by atoms with van der Waals surface area (Å²) in [6, 6.07) is 0. The van der Waals surface area contributed by atoms with E-state index in [0.29, 0.717) is 5.92 Å². The molecule has 0 amide bonds. The van der Waals surface area contributed by atoms with Crippen molar-refractivity contribution in [3.8, 4) is 0 Å². The van der Waals surface area contributed by atoms with E-state index in [-0.39, 0.29) is 5.60 Å². The topological polar surface area (TPSA) is 30.5 Å². The SMILES string of the molecule is COC(C)(C)CCNOCC(C)C. The van der Waals surface area contributed by atoms with Crippen molar-refractivity contribution in [1.82, 2.24) is 5.48 Å². The van der Waals surface area contributed by atoms with E-state index in [1.54, 1.807) is 7.11 Å². The van der Waals surface area contributed by atoms with Gasteiger partial charge < -0.3 is 9.57 Å². The zero-order valence-electron chi connectivity index (χ0n) is 9.52. The van der Waals surface area contributed by atoms with E-state index in [1.165, 1.54) is 0 Å². The van der Waals surface area contributed by atoms with Crippen LogP contribution in [0.1, 0.15) is 34.1 Å². The highest BCUT2D eigenvalue weighted by Gasteiger charge is 2.14. The van der Waals surface area contributed by atoms with Crippen LogP contribution in [-0.4, -0.2) is 25.9 Å². The van der Waals surface area contributed by atoms with Crippen molar-refractivity contribution >= 4 is 0 Å². The second-order valence-electron chi connectivity index (χ2n) is 4.31. The van der Waals surface area contributed by atoms with Crippen LogP contribution in [0.25, 0.3) is 0 Å². The lowest BCUT2D eigenvalue weighted by molar-refractivity contribution is -0.0151. The van der Waals surface area contributed by atoms with Crippen LogP contribution >= 0.6 is 0 Å². The summed E-state index contributed by atoms with van der Waals surface area (Å²) in [4.78, 5) is 5.23. The third-order valence-corrected chi connectivity index (χ3v) is 1.90. The minimum Gasteiger partial charge on any atom is -0.379 e. The Labute approximate surface area is 81.8 Å². The number of methoxy groups -OCH3 is 1. The molecule has 0 saturated carbocycles. The Morgan fingerprint density at radius 3 is 2.38 bits per heavy atom. The summed E-state index contributed by atoms with van der Waals surface area (Å²) in [5.74, 6) is 0.572. The van der Waals surface area contributed by atoms with Gasteiger partial charge in [-0.05, 0) is 26.2 Å². The Bertz CT molecular complexity index is 124. The summed E-state index contributed by atoms with van der Waals surface area (Å²) in [7, 11) is 1.73. The molecule has 80 valence electrons. The van der Waals surface area contributed by atoms with Crippen LogP contribution in [0.15, 0.2) is 0 Å². The molecule has 13 heavy (non-hydrogen) atoms. The van der Waals surface area contributed by atoms with Crippen LogP contribution in [0.2, 0.25) is 0 Å². The molecule has 0 bridgehead atoms. The molecule has 0 radical (unpaired) electrons. The normalized spacial score (nSPS) is 12.5. The fraction of sp³-hybridized carbons (Fsp3) is 1.00. The number of ether oxygens (including phenoxy) is 1. The molecule has 0 unspecified atom stereocenters. The smallest absolute Gasteiger partial charge is 0.0705 e. The molecule has 0 aliphatic heterocycles. The van der Waals surface area contributed by atoms with Crippen molar-refractivity contribution in [2.75, 3.05) is 20.3 Å². The monoisotopic (exact) mass is 189 g/mol. The van der Waals surface area contributed by atoms with E-state index in [2.05, 4.69) is 33.2 Å². The fourth-order valence-corrected chi connectivity index (χ4v) is 0.752. The number of hydroxylamine groups is 1. The van der Waals surface area contributed by atoms with Crippen molar-refractivity contribution in [3.05, 3.63) is 0 Å². The number of rotatable bonds is 7. The van der Waals surface area contributed by atoms with Gasteiger partial charge in [0.15, 0.2) is 0 Å². The number of hydrogen-bond acceptors (Lipinski definition) is 3. The van der Waals surface area contributed by atoms with Crippen molar-refractivity contribution in [1.29, 1.82) is 0 Å². The predicted molar refractivity (Wildman–Crippen MR) is 54.5 cm³/mol. The third-order valence-electron chi connectivity index (χ3n) is 1.90. The Morgan fingerprint density at radius 2 is 1.92 bits per heavy atom. The minimum atomic E-state index is -0.0613. The van der Waals surface area contributed by atoms with Crippen LogP contribution in [0.5, 0.6) is 0 Å².